The number of hydrogen-bond acceptors (Lipinski definition) is 3. The first-order valence-electron chi connectivity index (χ1n) is 7.55. The lowest BCUT2D eigenvalue weighted by Crippen LogP contribution is -2.64. The molecule has 2 aliphatic rings. The van der Waals surface area contributed by atoms with E-state index >= 15 is 0 Å². The van der Waals surface area contributed by atoms with Gasteiger partial charge in [0.15, 0.2) is 0 Å². The minimum atomic E-state index is 0.233. The third-order valence-electron chi connectivity index (χ3n) is 4.91. The largest absolute Gasteiger partial charge is 0.377 e. The van der Waals surface area contributed by atoms with Gasteiger partial charge in [-0.2, -0.15) is 0 Å². The van der Waals surface area contributed by atoms with E-state index < -0.39 is 0 Å². The van der Waals surface area contributed by atoms with Crippen LogP contribution in [-0.2, 0) is 4.74 Å². The van der Waals surface area contributed by atoms with Gasteiger partial charge in [-0.3, -0.25) is 4.90 Å². The Morgan fingerprint density at radius 3 is 2.67 bits per heavy atom. The van der Waals surface area contributed by atoms with Gasteiger partial charge in [0.1, 0.15) is 0 Å². The molecule has 4 atom stereocenters. The summed E-state index contributed by atoms with van der Waals surface area (Å²) in [6.45, 7) is 14.8. The SMILES string of the molecule is CC(C)CC1CN(C2(C)CCOC2C)C(C)CN1. The first-order chi connectivity index (χ1) is 8.43. The Labute approximate surface area is 112 Å². The van der Waals surface area contributed by atoms with Gasteiger partial charge in [0.05, 0.1) is 6.10 Å². The molecular weight excluding hydrogens is 224 g/mol. The van der Waals surface area contributed by atoms with Gasteiger partial charge in [-0.25, -0.2) is 0 Å². The van der Waals surface area contributed by atoms with Crippen molar-refractivity contribution < 1.29 is 4.74 Å². The van der Waals surface area contributed by atoms with Gasteiger partial charge in [-0.1, -0.05) is 13.8 Å². The van der Waals surface area contributed by atoms with E-state index in [4.69, 9.17) is 4.74 Å². The van der Waals surface area contributed by atoms with Gasteiger partial charge in [-0.15, -0.1) is 0 Å². The average molecular weight is 254 g/mol. The highest BCUT2D eigenvalue weighted by Crippen LogP contribution is 2.34. The van der Waals surface area contributed by atoms with E-state index in [1.165, 1.54) is 19.4 Å². The van der Waals surface area contributed by atoms with Gasteiger partial charge < -0.3 is 10.1 Å². The fourth-order valence-corrected chi connectivity index (χ4v) is 3.57. The van der Waals surface area contributed by atoms with E-state index in [1.807, 2.05) is 0 Å². The molecule has 0 aliphatic carbocycles. The fraction of sp³-hybridized carbons (Fsp3) is 1.00. The second-order valence-electron chi connectivity index (χ2n) is 6.86. The first kappa shape index (κ1) is 14.3. The van der Waals surface area contributed by atoms with Crippen LogP contribution < -0.4 is 5.32 Å². The van der Waals surface area contributed by atoms with Crippen LogP contribution in [0.25, 0.3) is 0 Å². The quantitative estimate of drug-likeness (QED) is 0.836. The van der Waals surface area contributed by atoms with E-state index in [0.717, 1.165) is 19.1 Å². The maximum Gasteiger partial charge on any atom is 0.0728 e. The summed E-state index contributed by atoms with van der Waals surface area (Å²) >= 11 is 0. The molecule has 0 aromatic heterocycles. The van der Waals surface area contributed by atoms with Crippen LogP contribution in [0.4, 0.5) is 0 Å². The van der Waals surface area contributed by atoms with Crippen LogP contribution in [0, 0.1) is 5.92 Å². The molecule has 2 fully saturated rings. The number of ether oxygens (including phenoxy) is 1. The van der Waals surface area contributed by atoms with Gasteiger partial charge in [0, 0.05) is 37.3 Å². The highest BCUT2D eigenvalue weighted by Gasteiger charge is 2.45. The summed E-state index contributed by atoms with van der Waals surface area (Å²) in [5, 5.41) is 3.70. The van der Waals surface area contributed by atoms with Crippen molar-refractivity contribution in [3.05, 3.63) is 0 Å². The van der Waals surface area contributed by atoms with Crippen molar-refractivity contribution in [3.8, 4) is 0 Å². The molecule has 0 radical (unpaired) electrons. The van der Waals surface area contributed by atoms with Crippen molar-refractivity contribution >= 4 is 0 Å². The van der Waals surface area contributed by atoms with Crippen LogP contribution in [0.3, 0.4) is 0 Å². The summed E-state index contributed by atoms with van der Waals surface area (Å²) < 4.78 is 5.82. The zero-order chi connectivity index (χ0) is 13.3. The zero-order valence-corrected chi connectivity index (χ0v) is 12.7. The third-order valence-corrected chi connectivity index (χ3v) is 4.91. The van der Waals surface area contributed by atoms with Crippen molar-refractivity contribution in [2.75, 3.05) is 19.7 Å². The minimum absolute atomic E-state index is 0.233. The lowest BCUT2D eigenvalue weighted by molar-refractivity contribution is -0.0216. The normalized spacial score (nSPS) is 42.7. The van der Waals surface area contributed by atoms with Crippen molar-refractivity contribution in [2.24, 2.45) is 5.92 Å². The van der Waals surface area contributed by atoms with Crippen LogP contribution in [0.2, 0.25) is 0 Å². The van der Waals surface area contributed by atoms with Gasteiger partial charge >= 0.3 is 0 Å². The van der Waals surface area contributed by atoms with Gasteiger partial charge in [0.25, 0.3) is 0 Å². The Morgan fingerprint density at radius 2 is 2.11 bits per heavy atom. The molecule has 2 rings (SSSR count). The predicted molar refractivity (Wildman–Crippen MR) is 75.8 cm³/mol. The summed E-state index contributed by atoms with van der Waals surface area (Å²) in [6.07, 6.45) is 2.80. The molecule has 0 bridgehead atoms. The number of nitrogens with zero attached hydrogens (tertiary/aromatic N) is 1. The highest BCUT2D eigenvalue weighted by molar-refractivity contribution is 5.01. The van der Waals surface area contributed by atoms with E-state index in [2.05, 4.69) is 44.8 Å². The monoisotopic (exact) mass is 254 g/mol. The summed E-state index contributed by atoms with van der Waals surface area (Å²) in [5.74, 6) is 0.766. The molecule has 2 saturated heterocycles. The molecular formula is C15H30N2O. The molecule has 1 N–H and O–H groups in total. The maximum absolute atomic E-state index is 5.82. The Hall–Kier alpha value is -0.120. The molecule has 0 saturated carbocycles. The summed E-state index contributed by atoms with van der Waals surface area (Å²) in [6, 6.07) is 1.26. The van der Waals surface area contributed by atoms with Gasteiger partial charge in [-0.05, 0) is 39.5 Å². The predicted octanol–water partition coefficient (Wildman–Crippen LogP) is 2.26. The molecule has 18 heavy (non-hydrogen) atoms. The first-order valence-corrected chi connectivity index (χ1v) is 7.55. The second-order valence-corrected chi connectivity index (χ2v) is 6.86. The van der Waals surface area contributed by atoms with E-state index in [9.17, 15) is 0 Å². The lowest BCUT2D eigenvalue weighted by Gasteiger charge is -2.49. The van der Waals surface area contributed by atoms with Crippen molar-refractivity contribution in [2.45, 2.75) is 71.2 Å². The molecule has 3 heteroatoms. The van der Waals surface area contributed by atoms with Gasteiger partial charge in [0.2, 0.25) is 0 Å². The number of hydrogen-bond donors (Lipinski definition) is 1. The second kappa shape index (κ2) is 5.48. The Kier molecular flexibility index (Phi) is 4.35. The molecule has 0 spiro atoms. The molecule has 0 aromatic rings. The van der Waals surface area contributed by atoms with E-state index in [-0.39, 0.29) is 5.54 Å². The topological polar surface area (TPSA) is 24.5 Å². The average Bonchev–Trinajstić information content (AvgIpc) is 2.62. The Bertz CT molecular complexity index is 282. The van der Waals surface area contributed by atoms with Crippen molar-refractivity contribution in [3.63, 3.8) is 0 Å². The fourth-order valence-electron chi connectivity index (χ4n) is 3.57. The highest BCUT2D eigenvalue weighted by atomic mass is 16.5. The van der Waals surface area contributed by atoms with Crippen LogP contribution in [-0.4, -0.2) is 48.3 Å². The molecule has 106 valence electrons. The Balaban J connectivity index is 2.05. The summed E-state index contributed by atoms with van der Waals surface area (Å²) in [4.78, 5) is 2.70. The van der Waals surface area contributed by atoms with Crippen molar-refractivity contribution in [1.82, 2.24) is 10.2 Å². The number of rotatable bonds is 3. The van der Waals surface area contributed by atoms with Crippen LogP contribution in [0.5, 0.6) is 0 Å². The standard InChI is InChI=1S/C15H30N2O/c1-11(2)8-14-10-17(12(3)9-16-14)15(5)6-7-18-13(15)4/h11-14,16H,6-10H2,1-5H3. The smallest absolute Gasteiger partial charge is 0.0728 e. The maximum atomic E-state index is 5.82. The van der Waals surface area contributed by atoms with Crippen LogP contribution >= 0.6 is 0 Å². The van der Waals surface area contributed by atoms with E-state index in [1.54, 1.807) is 0 Å². The molecule has 0 amide bonds. The van der Waals surface area contributed by atoms with E-state index in [0.29, 0.717) is 18.2 Å². The van der Waals surface area contributed by atoms with Crippen LogP contribution in [0.15, 0.2) is 0 Å². The number of nitrogens with one attached hydrogen (secondary N) is 1. The number of piperazine rings is 1. The molecule has 2 aliphatic heterocycles. The Morgan fingerprint density at radius 1 is 1.39 bits per heavy atom. The summed E-state index contributed by atoms with van der Waals surface area (Å²) in [5.41, 5.74) is 0.233. The third kappa shape index (κ3) is 2.73. The van der Waals surface area contributed by atoms with Crippen LogP contribution in [0.1, 0.15) is 47.5 Å². The zero-order valence-electron chi connectivity index (χ0n) is 12.7. The molecule has 0 aromatic carbocycles. The summed E-state index contributed by atoms with van der Waals surface area (Å²) in [7, 11) is 0. The minimum Gasteiger partial charge on any atom is -0.377 e. The molecule has 4 unspecified atom stereocenters. The molecule has 2 heterocycles. The molecule has 3 nitrogen and oxygen atoms in total. The van der Waals surface area contributed by atoms with Crippen molar-refractivity contribution in [1.29, 1.82) is 0 Å². The lowest BCUT2D eigenvalue weighted by atomic mass is 9.88.